The van der Waals surface area contributed by atoms with E-state index >= 15 is 0 Å². The van der Waals surface area contributed by atoms with E-state index in [-0.39, 0.29) is 5.82 Å². The number of H-pyrrole nitrogens is 1. The van der Waals surface area contributed by atoms with Crippen LogP contribution in [0.2, 0.25) is 5.02 Å². The lowest BCUT2D eigenvalue weighted by Gasteiger charge is -2.29. The zero-order valence-corrected chi connectivity index (χ0v) is 13.3. The Kier molecular flexibility index (Phi) is 3.66. The molecule has 2 nitrogen and oxygen atoms in total. The molecule has 0 unspecified atom stereocenters. The molecule has 1 fully saturated rings. The van der Waals surface area contributed by atoms with Gasteiger partial charge < -0.3 is 0 Å². The quantitative estimate of drug-likeness (QED) is 0.615. The first kappa shape index (κ1) is 14.5. The van der Waals surface area contributed by atoms with Crippen LogP contribution in [0.4, 0.5) is 4.39 Å². The van der Waals surface area contributed by atoms with Crippen LogP contribution >= 0.6 is 11.6 Å². The maximum absolute atomic E-state index is 13.4. The highest BCUT2D eigenvalue weighted by Crippen LogP contribution is 2.42. The van der Waals surface area contributed by atoms with Crippen LogP contribution in [-0.4, -0.2) is 10.2 Å². The topological polar surface area (TPSA) is 28.7 Å². The second-order valence-electron chi connectivity index (χ2n) is 6.07. The largest absolute Gasteiger partial charge is 0.278 e. The number of nitrogens with one attached hydrogen (secondary N) is 1. The summed E-state index contributed by atoms with van der Waals surface area (Å²) in [5, 5.41) is 8.58. The summed E-state index contributed by atoms with van der Waals surface area (Å²) in [6, 6.07) is 10.9. The van der Waals surface area contributed by atoms with Crippen LogP contribution in [0.15, 0.2) is 42.6 Å². The molecular formula is C19H16ClFN2. The van der Waals surface area contributed by atoms with Crippen LogP contribution in [0.1, 0.15) is 30.4 Å². The molecule has 1 saturated carbocycles. The van der Waals surface area contributed by atoms with Gasteiger partial charge in [0.05, 0.1) is 16.7 Å². The van der Waals surface area contributed by atoms with E-state index in [9.17, 15) is 4.39 Å². The Bertz CT molecular complexity index is 893. The van der Waals surface area contributed by atoms with Crippen molar-refractivity contribution in [1.29, 1.82) is 0 Å². The number of rotatable bonds is 3. The average Bonchev–Trinajstić information content (AvgIpc) is 2.92. The number of hydrogen-bond acceptors (Lipinski definition) is 1. The molecule has 0 aliphatic heterocycles. The van der Waals surface area contributed by atoms with Gasteiger partial charge in [-0.2, -0.15) is 5.10 Å². The molecule has 2 aromatic carbocycles. The van der Waals surface area contributed by atoms with Gasteiger partial charge >= 0.3 is 0 Å². The maximum atomic E-state index is 13.4. The van der Waals surface area contributed by atoms with Crippen molar-refractivity contribution in [2.45, 2.75) is 19.3 Å². The number of hydrogen-bond donors (Lipinski definition) is 1. The van der Waals surface area contributed by atoms with Gasteiger partial charge in [0.2, 0.25) is 0 Å². The standard InChI is InChI=1S/C19H16ClFN2/c20-18-10-15(21)5-6-16(18)17(13-2-1-3-13)9-12-4-7-19-14(8-12)11-22-23-19/h4-11,13H,1-3H2,(H,22,23)/b17-9+. The zero-order chi connectivity index (χ0) is 15.8. The molecule has 1 aliphatic rings. The van der Waals surface area contributed by atoms with Gasteiger partial charge in [0.15, 0.2) is 0 Å². The van der Waals surface area contributed by atoms with Crippen molar-refractivity contribution < 1.29 is 4.39 Å². The van der Waals surface area contributed by atoms with Crippen LogP contribution in [-0.2, 0) is 0 Å². The molecule has 0 amide bonds. The summed E-state index contributed by atoms with van der Waals surface area (Å²) >= 11 is 6.30. The summed E-state index contributed by atoms with van der Waals surface area (Å²) in [7, 11) is 0. The molecule has 1 N–H and O–H groups in total. The van der Waals surface area contributed by atoms with Gasteiger partial charge in [-0.15, -0.1) is 0 Å². The Balaban J connectivity index is 1.80. The number of allylic oxidation sites excluding steroid dienone is 1. The van der Waals surface area contributed by atoms with Crippen LogP contribution in [0.5, 0.6) is 0 Å². The smallest absolute Gasteiger partial charge is 0.124 e. The molecule has 4 heteroatoms. The number of fused-ring (bicyclic) bond motifs is 1. The Hall–Kier alpha value is -2.13. The van der Waals surface area contributed by atoms with Crippen LogP contribution < -0.4 is 0 Å². The third-order valence-corrected chi connectivity index (χ3v) is 4.89. The number of halogens is 2. The fourth-order valence-corrected chi connectivity index (χ4v) is 3.37. The SMILES string of the molecule is Fc1ccc(/C(=C/c2ccc3[nH]ncc3c2)C2CCC2)c(Cl)c1. The molecule has 0 radical (unpaired) electrons. The van der Waals surface area contributed by atoms with Gasteiger partial charge in [-0.25, -0.2) is 4.39 Å². The summed E-state index contributed by atoms with van der Waals surface area (Å²) in [5.74, 6) is 0.199. The molecule has 23 heavy (non-hydrogen) atoms. The van der Waals surface area contributed by atoms with Gasteiger partial charge in [-0.05, 0) is 59.7 Å². The second kappa shape index (κ2) is 5.82. The van der Waals surface area contributed by atoms with Gasteiger partial charge in [-0.3, -0.25) is 5.10 Å². The van der Waals surface area contributed by atoms with Crippen LogP contribution in [0.3, 0.4) is 0 Å². The van der Waals surface area contributed by atoms with E-state index in [1.54, 1.807) is 6.07 Å². The van der Waals surface area contributed by atoms with Crippen molar-refractivity contribution in [1.82, 2.24) is 10.2 Å². The summed E-state index contributed by atoms with van der Waals surface area (Å²) in [4.78, 5) is 0. The first-order chi connectivity index (χ1) is 11.2. The molecule has 1 aliphatic carbocycles. The molecule has 3 aromatic rings. The molecule has 1 heterocycles. The van der Waals surface area contributed by atoms with Gasteiger partial charge in [0, 0.05) is 5.39 Å². The summed E-state index contributed by atoms with van der Waals surface area (Å²) in [6.07, 6.45) is 7.55. The fraction of sp³-hybridized carbons (Fsp3) is 0.211. The van der Waals surface area contributed by atoms with Gasteiger partial charge in [0.25, 0.3) is 0 Å². The molecule has 0 bridgehead atoms. The number of nitrogens with zero attached hydrogens (tertiary/aromatic N) is 1. The minimum absolute atomic E-state index is 0.300. The Morgan fingerprint density at radius 3 is 2.83 bits per heavy atom. The predicted molar refractivity (Wildman–Crippen MR) is 92.7 cm³/mol. The van der Waals surface area contributed by atoms with Crippen molar-refractivity contribution in [2.75, 3.05) is 0 Å². The third-order valence-electron chi connectivity index (χ3n) is 4.57. The molecule has 0 atom stereocenters. The lowest BCUT2D eigenvalue weighted by atomic mass is 9.76. The monoisotopic (exact) mass is 326 g/mol. The zero-order valence-electron chi connectivity index (χ0n) is 12.5. The van der Waals surface area contributed by atoms with E-state index in [0.717, 1.165) is 34.9 Å². The molecule has 4 rings (SSSR count). The molecule has 0 spiro atoms. The Labute approximate surface area is 139 Å². The van der Waals surface area contributed by atoms with E-state index in [0.29, 0.717) is 10.9 Å². The highest BCUT2D eigenvalue weighted by Gasteiger charge is 2.24. The first-order valence-electron chi connectivity index (χ1n) is 7.81. The fourth-order valence-electron chi connectivity index (χ4n) is 3.09. The Morgan fingerprint density at radius 1 is 1.22 bits per heavy atom. The molecule has 1 aromatic heterocycles. The first-order valence-corrected chi connectivity index (χ1v) is 8.18. The third kappa shape index (κ3) is 2.77. The summed E-state index contributed by atoms with van der Waals surface area (Å²) in [6.45, 7) is 0. The number of aromatic nitrogens is 2. The van der Waals surface area contributed by atoms with E-state index in [1.807, 2.05) is 12.3 Å². The lowest BCUT2D eigenvalue weighted by molar-refractivity contribution is 0.401. The highest BCUT2D eigenvalue weighted by molar-refractivity contribution is 6.32. The van der Waals surface area contributed by atoms with Crippen molar-refractivity contribution in [2.24, 2.45) is 5.92 Å². The van der Waals surface area contributed by atoms with Crippen molar-refractivity contribution in [3.63, 3.8) is 0 Å². The van der Waals surface area contributed by atoms with Crippen molar-refractivity contribution >= 4 is 34.2 Å². The normalized spacial score (nSPS) is 15.8. The van der Waals surface area contributed by atoms with Crippen molar-refractivity contribution in [3.8, 4) is 0 Å². The van der Waals surface area contributed by atoms with Crippen LogP contribution in [0.25, 0.3) is 22.6 Å². The van der Waals surface area contributed by atoms with E-state index in [1.165, 1.54) is 24.1 Å². The summed E-state index contributed by atoms with van der Waals surface area (Å²) < 4.78 is 13.4. The van der Waals surface area contributed by atoms with E-state index < -0.39 is 0 Å². The van der Waals surface area contributed by atoms with Crippen molar-refractivity contribution in [3.05, 3.63) is 64.6 Å². The number of benzene rings is 2. The minimum atomic E-state index is -0.300. The van der Waals surface area contributed by atoms with Gasteiger partial charge in [-0.1, -0.05) is 36.2 Å². The van der Waals surface area contributed by atoms with Crippen LogP contribution in [0, 0.1) is 11.7 Å². The Morgan fingerprint density at radius 2 is 2.09 bits per heavy atom. The molecule has 0 saturated heterocycles. The highest BCUT2D eigenvalue weighted by atomic mass is 35.5. The average molecular weight is 327 g/mol. The second-order valence-corrected chi connectivity index (χ2v) is 6.48. The number of aromatic amines is 1. The van der Waals surface area contributed by atoms with E-state index in [2.05, 4.69) is 28.4 Å². The summed E-state index contributed by atoms with van der Waals surface area (Å²) in [5.41, 5.74) is 4.27. The van der Waals surface area contributed by atoms with E-state index in [4.69, 9.17) is 11.6 Å². The minimum Gasteiger partial charge on any atom is -0.278 e. The molecule has 116 valence electrons. The maximum Gasteiger partial charge on any atom is 0.124 e. The lowest BCUT2D eigenvalue weighted by Crippen LogP contribution is -2.13. The van der Waals surface area contributed by atoms with Gasteiger partial charge in [0.1, 0.15) is 5.82 Å². The molecular weight excluding hydrogens is 311 g/mol. The predicted octanol–water partition coefficient (Wildman–Crippen LogP) is 5.70.